The van der Waals surface area contributed by atoms with E-state index in [0.29, 0.717) is 11.8 Å². The summed E-state index contributed by atoms with van der Waals surface area (Å²) in [4.78, 5) is 4.22. The molecule has 0 bridgehead atoms. The molecule has 4 nitrogen and oxygen atoms in total. The Morgan fingerprint density at radius 3 is 2.05 bits per heavy atom. The Morgan fingerprint density at radius 1 is 0.789 bits per heavy atom. The lowest BCUT2D eigenvalue weighted by atomic mass is 10.1. The highest BCUT2D eigenvalue weighted by Gasteiger charge is 2.10. The fourth-order valence-electron chi connectivity index (χ4n) is 1.75. The van der Waals surface area contributed by atoms with Gasteiger partial charge in [0, 0.05) is 17.5 Å². The number of aromatic nitrogens is 3. The molecule has 0 aliphatic carbocycles. The summed E-state index contributed by atoms with van der Waals surface area (Å²) in [5.74, 6) is 1.01. The molecule has 0 aliphatic heterocycles. The Hall–Kier alpha value is -2.49. The summed E-state index contributed by atoms with van der Waals surface area (Å²) in [6.45, 7) is 3.98. The van der Waals surface area contributed by atoms with Crippen molar-refractivity contribution in [3.8, 4) is 22.9 Å². The molecule has 0 aliphatic rings. The Morgan fingerprint density at radius 2 is 1.42 bits per heavy atom. The van der Waals surface area contributed by atoms with Crippen molar-refractivity contribution in [3.05, 3.63) is 53.9 Å². The zero-order valence-electron chi connectivity index (χ0n) is 10.8. The summed E-state index contributed by atoms with van der Waals surface area (Å²) >= 11 is 0. The van der Waals surface area contributed by atoms with Crippen LogP contribution in [0.4, 0.5) is 0 Å². The van der Waals surface area contributed by atoms with Gasteiger partial charge in [-0.3, -0.25) is 4.98 Å². The van der Waals surface area contributed by atoms with Crippen LogP contribution < -0.4 is 0 Å². The number of nitrogens with zero attached hydrogens (tertiary/aromatic N) is 3. The van der Waals surface area contributed by atoms with Gasteiger partial charge < -0.3 is 4.42 Å². The molecule has 19 heavy (non-hydrogen) atoms. The summed E-state index contributed by atoms with van der Waals surface area (Å²) in [6, 6.07) is 11.8. The average Bonchev–Trinajstić information content (AvgIpc) is 2.90. The standard InChI is InChI=1S/C15H13N3O/c1-10-3-6-12(7-4-10)14-17-18-15(19-14)13-8-5-11(2)16-9-13/h3-9H,1-2H3. The van der Waals surface area contributed by atoms with E-state index in [1.54, 1.807) is 6.20 Å². The number of hydrogen-bond acceptors (Lipinski definition) is 4. The SMILES string of the molecule is Cc1ccc(-c2nnc(-c3ccc(C)nc3)o2)cc1. The largest absolute Gasteiger partial charge is 0.416 e. The van der Waals surface area contributed by atoms with Crippen molar-refractivity contribution >= 4 is 0 Å². The molecule has 2 aromatic heterocycles. The molecule has 0 fully saturated rings. The molecular weight excluding hydrogens is 238 g/mol. The van der Waals surface area contributed by atoms with Crippen LogP contribution in [0.15, 0.2) is 47.0 Å². The van der Waals surface area contributed by atoms with Crippen LogP contribution in [0.25, 0.3) is 22.9 Å². The molecule has 0 spiro atoms. The third kappa shape index (κ3) is 2.38. The van der Waals surface area contributed by atoms with E-state index < -0.39 is 0 Å². The average molecular weight is 251 g/mol. The second kappa shape index (κ2) is 4.65. The van der Waals surface area contributed by atoms with E-state index in [1.165, 1.54) is 5.56 Å². The predicted molar refractivity (Wildman–Crippen MR) is 72.4 cm³/mol. The highest BCUT2D eigenvalue weighted by atomic mass is 16.4. The maximum Gasteiger partial charge on any atom is 0.249 e. The molecule has 94 valence electrons. The Bertz CT molecular complexity index is 624. The number of hydrogen-bond donors (Lipinski definition) is 0. The first-order valence-electron chi connectivity index (χ1n) is 6.06. The van der Waals surface area contributed by atoms with E-state index in [-0.39, 0.29) is 0 Å². The number of rotatable bonds is 2. The Balaban J connectivity index is 1.95. The normalized spacial score (nSPS) is 10.6. The van der Waals surface area contributed by atoms with Crippen molar-refractivity contribution in [2.24, 2.45) is 0 Å². The van der Waals surface area contributed by atoms with Gasteiger partial charge in [-0.15, -0.1) is 10.2 Å². The highest BCUT2D eigenvalue weighted by Crippen LogP contribution is 2.23. The maximum absolute atomic E-state index is 5.67. The molecule has 3 rings (SSSR count). The van der Waals surface area contributed by atoms with Crippen molar-refractivity contribution < 1.29 is 4.42 Å². The second-order valence-electron chi connectivity index (χ2n) is 4.47. The van der Waals surface area contributed by atoms with Crippen LogP contribution >= 0.6 is 0 Å². The minimum Gasteiger partial charge on any atom is -0.416 e. The van der Waals surface area contributed by atoms with E-state index >= 15 is 0 Å². The van der Waals surface area contributed by atoms with Gasteiger partial charge in [0.05, 0.1) is 5.56 Å². The molecule has 0 saturated carbocycles. The van der Waals surface area contributed by atoms with Crippen LogP contribution in [0, 0.1) is 13.8 Å². The zero-order chi connectivity index (χ0) is 13.2. The first-order valence-corrected chi connectivity index (χ1v) is 6.06. The number of benzene rings is 1. The van der Waals surface area contributed by atoms with Gasteiger partial charge in [0.25, 0.3) is 0 Å². The van der Waals surface area contributed by atoms with Gasteiger partial charge in [0.2, 0.25) is 11.8 Å². The lowest BCUT2D eigenvalue weighted by Gasteiger charge is -1.96. The minimum atomic E-state index is 0.489. The maximum atomic E-state index is 5.67. The molecule has 2 heterocycles. The van der Waals surface area contributed by atoms with Crippen molar-refractivity contribution in [2.75, 3.05) is 0 Å². The summed E-state index contributed by atoms with van der Waals surface area (Å²) in [5, 5.41) is 8.13. The first kappa shape index (κ1) is 11.6. The van der Waals surface area contributed by atoms with Gasteiger partial charge in [-0.2, -0.15) is 0 Å². The number of pyridine rings is 1. The summed E-state index contributed by atoms with van der Waals surface area (Å²) in [5.41, 5.74) is 3.91. The van der Waals surface area contributed by atoms with E-state index in [0.717, 1.165) is 16.8 Å². The first-order chi connectivity index (χ1) is 9.22. The molecule has 0 atom stereocenters. The lowest BCUT2D eigenvalue weighted by Crippen LogP contribution is -1.82. The molecule has 0 unspecified atom stereocenters. The zero-order valence-corrected chi connectivity index (χ0v) is 10.8. The molecule has 1 aromatic carbocycles. The summed E-state index contributed by atoms with van der Waals surface area (Å²) in [6.07, 6.45) is 1.74. The molecule has 0 saturated heterocycles. The lowest BCUT2D eigenvalue weighted by molar-refractivity contribution is 0.584. The van der Waals surface area contributed by atoms with Crippen LogP contribution in [0.3, 0.4) is 0 Å². The van der Waals surface area contributed by atoms with E-state index in [9.17, 15) is 0 Å². The smallest absolute Gasteiger partial charge is 0.249 e. The van der Waals surface area contributed by atoms with Crippen LogP contribution in [-0.2, 0) is 0 Å². The van der Waals surface area contributed by atoms with Gasteiger partial charge in [-0.25, -0.2) is 0 Å². The quantitative estimate of drug-likeness (QED) is 0.700. The third-order valence-electron chi connectivity index (χ3n) is 2.88. The van der Waals surface area contributed by atoms with Crippen LogP contribution in [0.1, 0.15) is 11.3 Å². The monoisotopic (exact) mass is 251 g/mol. The molecule has 0 radical (unpaired) electrons. The van der Waals surface area contributed by atoms with Gasteiger partial charge in [0.15, 0.2) is 0 Å². The van der Waals surface area contributed by atoms with Crippen molar-refractivity contribution in [1.29, 1.82) is 0 Å². The summed E-state index contributed by atoms with van der Waals surface area (Å²) in [7, 11) is 0. The van der Waals surface area contributed by atoms with Crippen molar-refractivity contribution in [3.63, 3.8) is 0 Å². The predicted octanol–water partition coefficient (Wildman–Crippen LogP) is 3.42. The Labute approximate surface area is 111 Å². The fourth-order valence-corrected chi connectivity index (χ4v) is 1.75. The van der Waals surface area contributed by atoms with Gasteiger partial charge in [-0.05, 0) is 38.1 Å². The van der Waals surface area contributed by atoms with Gasteiger partial charge in [0.1, 0.15) is 0 Å². The molecule has 4 heteroatoms. The Kier molecular flexibility index (Phi) is 2.83. The van der Waals surface area contributed by atoms with Crippen LogP contribution in [-0.4, -0.2) is 15.2 Å². The van der Waals surface area contributed by atoms with Gasteiger partial charge >= 0.3 is 0 Å². The minimum absolute atomic E-state index is 0.489. The van der Waals surface area contributed by atoms with Crippen molar-refractivity contribution in [2.45, 2.75) is 13.8 Å². The van der Waals surface area contributed by atoms with E-state index in [4.69, 9.17) is 4.42 Å². The molecule has 3 aromatic rings. The topological polar surface area (TPSA) is 51.8 Å². The van der Waals surface area contributed by atoms with Crippen LogP contribution in [0.2, 0.25) is 0 Å². The van der Waals surface area contributed by atoms with Crippen LogP contribution in [0.5, 0.6) is 0 Å². The van der Waals surface area contributed by atoms with E-state index in [1.807, 2.05) is 50.2 Å². The second-order valence-corrected chi connectivity index (χ2v) is 4.47. The number of aryl methyl sites for hydroxylation is 2. The van der Waals surface area contributed by atoms with Crippen molar-refractivity contribution in [1.82, 2.24) is 15.2 Å². The fraction of sp³-hybridized carbons (Fsp3) is 0.133. The molecular formula is C15H13N3O. The molecule has 0 N–H and O–H groups in total. The van der Waals surface area contributed by atoms with Gasteiger partial charge in [-0.1, -0.05) is 17.7 Å². The summed E-state index contributed by atoms with van der Waals surface area (Å²) < 4.78 is 5.67. The third-order valence-corrected chi connectivity index (χ3v) is 2.88. The van der Waals surface area contributed by atoms with E-state index in [2.05, 4.69) is 15.2 Å². The highest BCUT2D eigenvalue weighted by molar-refractivity contribution is 5.57. The molecule has 0 amide bonds.